The van der Waals surface area contributed by atoms with Crippen molar-refractivity contribution in [2.45, 2.75) is 50.9 Å². The summed E-state index contributed by atoms with van der Waals surface area (Å²) in [6, 6.07) is 36.5. The highest BCUT2D eigenvalue weighted by Gasteiger charge is 2.43. The van der Waals surface area contributed by atoms with Crippen molar-refractivity contribution in [3.8, 4) is 11.5 Å². The number of nitrogens with zero attached hydrogens (tertiary/aromatic N) is 1. The Morgan fingerprint density at radius 1 is 0.774 bits per heavy atom. The highest BCUT2D eigenvalue weighted by atomic mass is 16.7. The molecule has 0 aliphatic carbocycles. The van der Waals surface area contributed by atoms with Gasteiger partial charge in [0.25, 0.3) is 5.91 Å². The maximum atomic E-state index is 13.5. The SMILES string of the molecule is COc1cc2c(cc1OC)CN(CC1OC(c3cccc(C(=O)Nc4cccc(C(C)=O)c4)c3)OC(c3ccc(CO)cc3)C1c1ccccc1)CC2. The maximum Gasteiger partial charge on any atom is 0.255 e. The lowest BCUT2D eigenvalue weighted by atomic mass is 9.82. The van der Waals surface area contributed by atoms with Gasteiger partial charge in [-0.25, -0.2) is 0 Å². The number of hydrogen-bond acceptors (Lipinski definition) is 8. The van der Waals surface area contributed by atoms with E-state index in [4.69, 9.17) is 18.9 Å². The minimum Gasteiger partial charge on any atom is -0.493 e. The van der Waals surface area contributed by atoms with E-state index in [0.717, 1.165) is 42.0 Å². The topological polar surface area (TPSA) is 107 Å². The van der Waals surface area contributed by atoms with Gasteiger partial charge in [-0.1, -0.05) is 78.9 Å². The lowest BCUT2D eigenvalue weighted by Gasteiger charge is -2.45. The number of fused-ring (bicyclic) bond motifs is 1. The van der Waals surface area contributed by atoms with Gasteiger partial charge in [0.1, 0.15) is 0 Å². The molecule has 9 nitrogen and oxygen atoms in total. The van der Waals surface area contributed by atoms with Crippen LogP contribution in [0.2, 0.25) is 0 Å². The zero-order valence-electron chi connectivity index (χ0n) is 30.2. The van der Waals surface area contributed by atoms with Crippen LogP contribution in [0.25, 0.3) is 0 Å². The summed E-state index contributed by atoms with van der Waals surface area (Å²) >= 11 is 0. The van der Waals surface area contributed by atoms with E-state index in [1.807, 2.05) is 54.6 Å². The number of ketones is 1. The Kier molecular flexibility index (Phi) is 11.0. The zero-order chi connectivity index (χ0) is 36.9. The van der Waals surface area contributed by atoms with E-state index in [0.29, 0.717) is 34.7 Å². The smallest absolute Gasteiger partial charge is 0.255 e. The van der Waals surface area contributed by atoms with Crippen LogP contribution in [0.15, 0.2) is 115 Å². The molecule has 5 aromatic rings. The number of carbonyl (C=O) groups excluding carboxylic acids is 2. The van der Waals surface area contributed by atoms with Crippen LogP contribution in [0.3, 0.4) is 0 Å². The van der Waals surface area contributed by atoms with Crippen LogP contribution in [-0.2, 0) is 29.0 Å². The fourth-order valence-electron chi connectivity index (χ4n) is 7.36. The number of anilines is 1. The molecule has 1 amide bonds. The number of benzene rings is 5. The molecule has 4 atom stereocenters. The number of hydrogen-bond donors (Lipinski definition) is 2. The molecule has 0 spiro atoms. The second-order valence-electron chi connectivity index (χ2n) is 13.6. The summed E-state index contributed by atoms with van der Waals surface area (Å²) in [4.78, 5) is 27.9. The molecule has 0 bridgehead atoms. The molecule has 1 saturated heterocycles. The highest BCUT2D eigenvalue weighted by molar-refractivity contribution is 6.05. The third kappa shape index (κ3) is 8.04. The highest BCUT2D eigenvalue weighted by Crippen LogP contribution is 2.47. The Balaban J connectivity index is 1.22. The molecular weight excluding hydrogens is 668 g/mol. The second-order valence-corrected chi connectivity index (χ2v) is 13.6. The van der Waals surface area contributed by atoms with Crippen LogP contribution in [0.4, 0.5) is 5.69 Å². The van der Waals surface area contributed by atoms with Crippen molar-refractivity contribution in [1.82, 2.24) is 4.90 Å². The Morgan fingerprint density at radius 3 is 2.19 bits per heavy atom. The Morgan fingerprint density at radius 2 is 1.47 bits per heavy atom. The molecule has 0 radical (unpaired) electrons. The van der Waals surface area contributed by atoms with Crippen LogP contribution in [-0.4, -0.2) is 55.1 Å². The van der Waals surface area contributed by atoms with E-state index in [2.05, 4.69) is 34.5 Å². The minimum atomic E-state index is -0.780. The molecular formula is C44H44N2O7. The number of rotatable bonds is 11. The fourth-order valence-corrected chi connectivity index (χ4v) is 7.36. The third-order valence-electron chi connectivity index (χ3n) is 10.2. The molecule has 4 unspecified atom stereocenters. The standard InChI is InChI=1S/C44H44N2O7/c1-28(48)32-11-8-14-37(22-32)45-43(49)34-12-7-13-35(21-34)44-52-40(26-46-20-19-33-23-38(50-2)39(51-3)24-36(33)25-46)41(30-9-5-4-6-10-30)42(53-44)31-17-15-29(27-47)16-18-31/h4-18,21-24,40-42,44,47H,19-20,25-27H2,1-3H3,(H,45,49). The van der Waals surface area contributed by atoms with E-state index in [1.54, 1.807) is 50.6 Å². The summed E-state index contributed by atoms with van der Waals surface area (Å²) in [5.74, 6) is 0.887. The van der Waals surface area contributed by atoms with Gasteiger partial charge in [0.05, 0.1) is 33.0 Å². The van der Waals surface area contributed by atoms with Gasteiger partial charge >= 0.3 is 0 Å². The molecule has 5 aromatic carbocycles. The fraction of sp³-hybridized carbons (Fsp3) is 0.273. The van der Waals surface area contributed by atoms with E-state index in [9.17, 15) is 14.7 Å². The first-order valence-electron chi connectivity index (χ1n) is 17.9. The van der Waals surface area contributed by atoms with Gasteiger partial charge in [-0.2, -0.15) is 0 Å². The average Bonchev–Trinajstić information content (AvgIpc) is 3.20. The van der Waals surface area contributed by atoms with Crippen molar-refractivity contribution in [3.05, 3.63) is 160 Å². The maximum absolute atomic E-state index is 13.5. The monoisotopic (exact) mass is 712 g/mol. The van der Waals surface area contributed by atoms with E-state index < -0.39 is 12.4 Å². The van der Waals surface area contributed by atoms with Crippen LogP contribution in [0.5, 0.6) is 11.5 Å². The van der Waals surface area contributed by atoms with Gasteiger partial charge in [0, 0.05) is 47.9 Å². The predicted molar refractivity (Wildman–Crippen MR) is 202 cm³/mol. The van der Waals surface area contributed by atoms with Gasteiger partial charge in [-0.3, -0.25) is 14.5 Å². The normalized spacial score (nSPS) is 19.9. The van der Waals surface area contributed by atoms with Crippen molar-refractivity contribution < 1.29 is 33.6 Å². The first-order valence-corrected chi connectivity index (χ1v) is 17.9. The summed E-state index contributed by atoms with van der Waals surface area (Å²) < 4.78 is 25.1. The summed E-state index contributed by atoms with van der Waals surface area (Å²) in [5, 5.41) is 12.7. The minimum absolute atomic E-state index is 0.0523. The Bertz CT molecular complexity index is 2070. The Hall–Kier alpha value is -5.32. The largest absolute Gasteiger partial charge is 0.493 e. The lowest BCUT2D eigenvalue weighted by Crippen LogP contribution is -2.45. The molecule has 2 heterocycles. The molecule has 0 saturated carbocycles. The number of aliphatic hydroxyl groups is 1. The van der Waals surface area contributed by atoms with Crippen molar-refractivity contribution in [2.24, 2.45) is 0 Å². The van der Waals surface area contributed by atoms with E-state index in [-0.39, 0.29) is 30.3 Å². The number of methoxy groups -OCH3 is 2. The summed E-state index contributed by atoms with van der Waals surface area (Å²) in [6.45, 7) is 3.64. The van der Waals surface area contributed by atoms with Gasteiger partial charge in [-0.05, 0) is 77.6 Å². The van der Waals surface area contributed by atoms with E-state index >= 15 is 0 Å². The molecule has 53 heavy (non-hydrogen) atoms. The Labute approximate surface area is 310 Å². The first-order chi connectivity index (χ1) is 25.8. The molecule has 272 valence electrons. The molecule has 2 aliphatic rings. The number of Topliss-reactive ketones (excluding diaryl/α,β-unsaturated/α-hetero) is 1. The van der Waals surface area contributed by atoms with Crippen molar-refractivity contribution in [2.75, 3.05) is 32.6 Å². The summed E-state index contributed by atoms with van der Waals surface area (Å²) in [6.07, 6.45) is -0.622. The number of ether oxygens (including phenoxy) is 4. The second kappa shape index (κ2) is 16.1. The van der Waals surface area contributed by atoms with Crippen molar-refractivity contribution >= 4 is 17.4 Å². The van der Waals surface area contributed by atoms with Crippen LogP contribution in [0, 0.1) is 0 Å². The van der Waals surface area contributed by atoms with Gasteiger partial charge in [-0.15, -0.1) is 0 Å². The number of carbonyl (C=O) groups is 2. The van der Waals surface area contributed by atoms with Crippen molar-refractivity contribution in [1.29, 1.82) is 0 Å². The first kappa shape index (κ1) is 36.1. The lowest BCUT2D eigenvalue weighted by molar-refractivity contribution is -0.263. The molecule has 1 fully saturated rings. The molecule has 7 rings (SSSR count). The van der Waals surface area contributed by atoms with Gasteiger partial charge in [0.15, 0.2) is 23.6 Å². The van der Waals surface area contributed by atoms with Gasteiger partial charge < -0.3 is 29.4 Å². The van der Waals surface area contributed by atoms with Crippen LogP contribution < -0.4 is 14.8 Å². The average molecular weight is 713 g/mol. The molecule has 0 aromatic heterocycles. The zero-order valence-corrected chi connectivity index (χ0v) is 30.2. The predicted octanol–water partition coefficient (Wildman–Crippen LogP) is 7.65. The van der Waals surface area contributed by atoms with Crippen LogP contribution in [0.1, 0.15) is 79.3 Å². The summed E-state index contributed by atoms with van der Waals surface area (Å²) in [5.41, 5.74) is 7.52. The van der Waals surface area contributed by atoms with E-state index in [1.165, 1.54) is 18.1 Å². The summed E-state index contributed by atoms with van der Waals surface area (Å²) in [7, 11) is 3.32. The quantitative estimate of drug-likeness (QED) is 0.135. The van der Waals surface area contributed by atoms with Gasteiger partial charge in [0.2, 0.25) is 0 Å². The number of amides is 1. The number of aliphatic hydroxyl groups excluding tert-OH is 1. The molecule has 2 aliphatic heterocycles. The third-order valence-corrected chi connectivity index (χ3v) is 10.2. The molecule has 9 heteroatoms. The molecule has 2 N–H and O–H groups in total. The number of nitrogens with one attached hydrogen (secondary N) is 1. The van der Waals surface area contributed by atoms with Crippen LogP contribution >= 0.6 is 0 Å². The van der Waals surface area contributed by atoms with Crippen molar-refractivity contribution in [3.63, 3.8) is 0 Å².